The zero-order valence-corrected chi connectivity index (χ0v) is 13.0. The molecule has 0 radical (unpaired) electrons. The molecule has 1 aromatic carbocycles. The van der Waals surface area contributed by atoms with Gasteiger partial charge in [0.15, 0.2) is 0 Å². The molecule has 0 saturated carbocycles. The zero-order valence-electron chi connectivity index (χ0n) is 11.4. The average Bonchev–Trinajstić information content (AvgIpc) is 2.84. The first-order valence-corrected chi connectivity index (χ1v) is 8.95. The van der Waals surface area contributed by atoms with Gasteiger partial charge in [-0.2, -0.15) is 11.8 Å². The van der Waals surface area contributed by atoms with Gasteiger partial charge in [0.25, 0.3) is 0 Å². The van der Waals surface area contributed by atoms with Gasteiger partial charge in [0, 0.05) is 17.8 Å². The van der Waals surface area contributed by atoms with Crippen molar-refractivity contribution in [1.82, 2.24) is 4.72 Å². The summed E-state index contributed by atoms with van der Waals surface area (Å²) in [5, 5.41) is 0. The third-order valence-corrected chi connectivity index (χ3v) is 6.50. The van der Waals surface area contributed by atoms with E-state index in [1.165, 1.54) is 12.1 Å². The minimum atomic E-state index is -3.73. The molecule has 0 bridgehead atoms. The lowest BCUT2D eigenvalue weighted by Gasteiger charge is -2.23. The van der Waals surface area contributed by atoms with Gasteiger partial charge in [-0.25, -0.2) is 17.5 Å². The minimum absolute atomic E-state index is 0.0581. The molecule has 0 amide bonds. The largest absolute Gasteiger partial charge is 0.326 e. The molecule has 0 spiro atoms. The van der Waals surface area contributed by atoms with Crippen LogP contribution >= 0.6 is 11.8 Å². The lowest BCUT2D eigenvalue weighted by atomic mass is 10.1. The maximum Gasteiger partial charge on any atom is 0.241 e. The van der Waals surface area contributed by atoms with Gasteiger partial charge in [0.05, 0.1) is 4.90 Å². The van der Waals surface area contributed by atoms with Crippen molar-refractivity contribution < 1.29 is 12.8 Å². The van der Waals surface area contributed by atoms with Crippen LogP contribution < -0.4 is 10.5 Å². The molecule has 112 valence electrons. The van der Waals surface area contributed by atoms with Crippen molar-refractivity contribution in [2.75, 3.05) is 12.3 Å². The van der Waals surface area contributed by atoms with E-state index in [1.807, 2.05) is 6.92 Å². The number of nitrogens with one attached hydrogen (secondary N) is 1. The molecular weight excluding hydrogens is 299 g/mol. The highest BCUT2D eigenvalue weighted by molar-refractivity contribution is 8.01. The van der Waals surface area contributed by atoms with Gasteiger partial charge in [-0.05, 0) is 43.2 Å². The Morgan fingerprint density at radius 2 is 2.25 bits per heavy atom. The van der Waals surface area contributed by atoms with Crippen LogP contribution in [0.2, 0.25) is 0 Å². The first kappa shape index (κ1) is 15.8. The number of benzene rings is 1. The van der Waals surface area contributed by atoms with Gasteiger partial charge in [0.2, 0.25) is 10.0 Å². The van der Waals surface area contributed by atoms with E-state index >= 15 is 0 Å². The van der Waals surface area contributed by atoms with Crippen LogP contribution in [0.15, 0.2) is 23.1 Å². The van der Waals surface area contributed by atoms with E-state index in [0.717, 1.165) is 24.7 Å². The predicted molar refractivity (Wildman–Crippen MR) is 79.6 cm³/mol. The van der Waals surface area contributed by atoms with Crippen molar-refractivity contribution >= 4 is 21.8 Å². The second-order valence-corrected chi connectivity index (χ2v) is 8.60. The average molecular weight is 318 g/mol. The van der Waals surface area contributed by atoms with Crippen molar-refractivity contribution in [3.63, 3.8) is 0 Å². The van der Waals surface area contributed by atoms with Crippen LogP contribution in [0.25, 0.3) is 0 Å². The number of halogens is 1. The maximum atomic E-state index is 13.3. The molecule has 1 fully saturated rings. The maximum absolute atomic E-state index is 13.3. The fourth-order valence-corrected chi connectivity index (χ4v) is 5.01. The van der Waals surface area contributed by atoms with E-state index in [1.54, 1.807) is 11.8 Å². The molecule has 0 aromatic heterocycles. The number of hydrogen-bond donors (Lipinski definition) is 2. The molecule has 2 rings (SSSR count). The highest BCUT2D eigenvalue weighted by atomic mass is 32.2. The Kier molecular flexibility index (Phi) is 4.73. The van der Waals surface area contributed by atoms with Crippen LogP contribution in [0.3, 0.4) is 0 Å². The van der Waals surface area contributed by atoms with Crippen LogP contribution in [0.5, 0.6) is 0 Å². The normalized spacial score (nSPS) is 23.1. The van der Waals surface area contributed by atoms with Crippen molar-refractivity contribution in [3.8, 4) is 0 Å². The Balaban J connectivity index is 2.20. The van der Waals surface area contributed by atoms with Crippen molar-refractivity contribution in [1.29, 1.82) is 0 Å². The fraction of sp³-hybridized carbons (Fsp3) is 0.538. The van der Waals surface area contributed by atoms with E-state index in [4.69, 9.17) is 5.73 Å². The van der Waals surface area contributed by atoms with Gasteiger partial charge in [-0.1, -0.05) is 6.07 Å². The number of thioether (sulfide) groups is 1. The molecule has 1 saturated heterocycles. The Hall–Kier alpha value is -0.630. The van der Waals surface area contributed by atoms with E-state index in [9.17, 15) is 12.8 Å². The molecule has 1 aliphatic rings. The summed E-state index contributed by atoms with van der Waals surface area (Å²) in [6.45, 7) is 2.45. The topological polar surface area (TPSA) is 72.2 Å². The number of sulfonamides is 1. The highest BCUT2D eigenvalue weighted by Gasteiger charge is 2.31. The Morgan fingerprint density at radius 1 is 1.50 bits per heavy atom. The number of rotatable bonds is 5. The van der Waals surface area contributed by atoms with Crippen molar-refractivity contribution in [2.45, 2.75) is 36.0 Å². The van der Waals surface area contributed by atoms with Crippen molar-refractivity contribution in [3.05, 3.63) is 29.6 Å². The first-order chi connectivity index (χ1) is 9.36. The summed E-state index contributed by atoms with van der Waals surface area (Å²) in [7, 11) is -3.73. The summed E-state index contributed by atoms with van der Waals surface area (Å²) >= 11 is 1.77. The number of hydrogen-bond acceptors (Lipinski definition) is 4. The molecule has 1 aromatic rings. The highest BCUT2D eigenvalue weighted by Crippen LogP contribution is 2.37. The number of nitrogens with two attached hydrogens (primary N) is 1. The van der Waals surface area contributed by atoms with Gasteiger partial charge in [0.1, 0.15) is 5.82 Å². The summed E-state index contributed by atoms with van der Waals surface area (Å²) in [5.41, 5.74) is 5.94. The van der Waals surface area contributed by atoms with E-state index in [0.29, 0.717) is 12.1 Å². The molecular formula is C13H19FN2O2S2. The van der Waals surface area contributed by atoms with Crippen molar-refractivity contribution in [2.24, 2.45) is 5.73 Å². The molecule has 3 N–H and O–H groups in total. The molecule has 20 heavy (non-hydrogen) atoms. The van der Waals surface area contributed by atoms with E-state index in [2.05, 4.69) is 4.72 Å². The summed E-state index contributed by atoms with van der Waals surface area (Å²) in [4.78, 5) is -0.0633. The summed E-state index contributed by atoms with van der Waals surface area (Å²) in [5.74, 6) is 0.468. The molecule has 1 unspecified atom stereocenters. The molecule has 1 atom stereocenters. The molecule has 7 heteroatoms. The van der Waals surface area contributed by atoms with Gasteiger partial charge in [-0.15, -0.1) is 0 Å². The van der Waals surface area contributed by atoms with E-state index in [-0.39, 0.29) is 16.2 Å². The summed E-state index contributed by atoms with van der Waals surface area (Å²) < 4.78 is 40.4. The van der Waals surface area contributed by atoms with Crippen LogP contribution in [-0.4, -0.2) is 25.5 Å². The van der Waals surface area contributed by atoms with Crippen LogP contribution in [0.4, 0.5) is 4.39 Å². The monoisotopic (exact) mass is 318 g/mol. The van der Waals surface area contributed by atoms with Crippen LogP contribution in [-0.2, 0) is 16.6 Å². The molecule has 4 nitrogen and oxygen atoms in total. The van der Waals surface area contributed by atoms with E-state index < -0.39 is 15.8 Å². The van der Waals surface area contributed by atoms with Gasteiger partial charge >= 0.3 is 0 Å². The molecule has 0 aliphatic carbocycles. The Labute approximate surface area is 123 Å². The van der Waals surface area contributed by atoms with Gasteiger partial charge < -0.3 is 5.73 Å². The molecule has 1 aliphatic heterocycles. The standard InChI is InChI=1S/C13H19FN2O2S2/c1-13(5-2-6-19-13)9-16-20(17,18)12-7-11(14)4-3-10(12)8-15/h3-4,7,16H,2,5-6,8-9,15H2,1H3. The smallest absolute Gasteiger partial charge is 0.241 e. The third-order valence-electron chi connectivity index (χ3n) is 3.48. The lowest BCUT2D eigenvalue weighted by Crippen LogP contribution is -2.37. The Morgan fingerprint density at radius 3 is 2.85 bits per heavy atom. The zero-order chi connectivity index (χ0) is 14.8. The molecule has 1 heterocycles. The minimum Gasteiger partial charge on any atom is -0.326 e. The Bertz CT molecular complexity index is 584. The second kappa shape index (κ2) is 6.01. The third kappa shape index (κ3) is 3.52. The SMILES string of the molecule is CC1(CNS(=O)(=O)c2cc(F)ccc2CN)CCCS1. The van der Waals surface area contributed by atoms with Crippen LogP contribution in [0, 0.1) is 5.82 Å². The second-order valence-electron chi connectivity index (χ2n) is 5.18. The summed E-state index contributed by atoms with van der Waals surface area (Å²) in [6, 6.07) is 3.65. The fourth-order valence-electron chi connectivity index (χ4n) is 2.25. The summed E-state index contributed by atoms with van der Waals surface area (Å²) in [6.07, 6.45) is 2.07. The first-order valence-electron chi connectivity index (χ1n) is 6.48. The van der Waals surface area contributed by atoms with Gasteiger partial charge in [-0.3, -0.25) is 0 Å². The quantitative estimate of drug-likeness (QED) is 0.869. The predicted octanol–water partition coefficient (Wildman–Crippen LogP) is 1.85. The lowest BCUT2D eigenvalue weighted by molar-refractivity contribution is 0.549. The van der Waals surface area contributed by atoms with Crippen LogP contribution in [0.1, 0.15) is 25.3 Å².